The molecular formula is C22H23FN6O3S. The fourth-order valence-corrected chi connectivity index (χ4v) is 5.15. The minimum Gasteiger partial charge on any atom is -0.385 e. The van der Waals surface area contributed by atoms with Gasteiger partial charge in [0.2, 0.25) is 5.91 Å². The molecular weight excluding hydrogens is 447 g/mol. The molecule has 1 fully saturated rings. The monoisotopic (exact) mass is 470 g/mol. The predicted molar refractivity (Wildman–Crippen MR) is 119 cm³/mol. The number of benzene rings is 1. The van der Waals surface area contributed by atoms with E-state index in [9.17, 15) is 19.1 Å². The summed E-state index contributed by atoms with van der Waals surface area (Å²) in [7, 11) is 0. The minimum atomic E-state index is -0.798. The summed E-state index contributed by atoms with van der Waals surface area (Å²) in [5.41, 5.74) is 1.16. The van der Waals surface area contributed by atoms with Crippen molar-refractivity contribution in [3.63, 3.8) is 0 Å². The van der Waals surface area contributed by atoms with E-state index >= 15 is 0 Å². The number of rotatable bonds is 4. The highest BCUT2D eigenvalue weighted by molar-refractivity contribution is 7.09. The SMILES string of the molecule is CC1c2c(N3CCCC3=O)nc(-c3nc([C@H](C)O)ns3)n2CCN1C(=O)c1ccc(F)cc1. The third kappa shape index (κ3) is 3.70. The molecule has 9 nitrogen and oxygen atoms in total. The molecule has 11 heteroatoms. The number of hydrogen-bond donors (Lipinski definition) is 1. The Morgan fingerprint density at radius 3 is 2.61 bits per heavy atom. The zero-order valence-electron chi connectivity index (χ0n) is 18.2. The number of anilines is 1. The Balaban J connectivity index is 1.57. The van der Waals surface area contributed by atoms with Crippen LogP contribution < -0.4 is 4.90 Å². The quantitative estimate of drug-likeness (QED) is 0.629. The van der Waals surface area contributed by atoms with Crippen molar-refractivity contribution in [2.45, 2.75) is 45.4 Å². The van der Waals surface area contributed by atoms with E-state index in [1.165, 1.54) is 24.3 Å². The van der Waals surface area contributed by atoms with Gasteiger partial charge >= 0.3 is 0 Å². The van der Waals surface area contributed by atoms with E-state index in [0.29, 0.717) is 54.1 Å². The van der Waals surface area contributed by atoms with Crippen LogP contribution in [-0.4, -0.2) is 53.8 Å². The summed E-state index contributed by atoms with van der Waals surface area (Å²) in [4.78, 5) is 38.4. The number of aliphatic hydroxyl groups is 1. The van der Waals surface area contributed by atoms with Crippen molar-refractivity contribution in [1.82, 2.24) is 23.8 Å². The topological polar surface area (TPSA) is 104 Å². The maximum atomic E-state index is 13.3. The maximum Gasteiger partial charge on any atom is 0.254 e. The molecule has 2 aliphatic heterocycles. The number of amides is 2. The van der Waals surface area contributed by atoms with Crippen LogP contribution in [0.4, 0.5) is 10.2 Å². The minimum absolute atomic E-state index is 0.00133. The van der Waals surface area contributed by atoms with Crippen LogP contribution in [0.25, 0.3) is 10.8 Å². The normalized spacial score (nSPS) is 19.2. The van der Waals surface area contributed by atoms with Crippen LogP contribution in [0.2, 0.25) is 0 Å². The highest BCUT2D eigenvalue weighted by atomic mass is 32.1. The summed E-state index contributed by atoms with van der Waals surface area (Å²) < 4.78 is 19.6. The summed E-state index contributed by atoms with van der Waals surface area (Å²) in [6.45, 7) is 4.95. The van der Waals surface area contributed by atoms with Gasteiger partial charge in [0.25, 0.3) is 5.91 Å². The lowest BCUT2D eigenvalue weighted by atomic mass is 10.1. The molecule has 4 heterocycles. The van der Waals surface area contributed by atoms with Gasteiger partial charge in [0.15, 0.2) is 22.5 Å². The fourth-order valence-electron chi connectivity index (χ4n) is 4.41. The van der Waals surface area contributed by atoms with Crippen molar-refractivity contribution >= 4 is 29.2 Å². The number of halogens is 1. The number of hydrogen-bond acceptors (Lipinski definition) is 7. The van der Waals surface area contributed by atoms with E-state index in [4.69, 9.17) is 4.98 Å². The number of aliphatic hydroxyl groups excluding tert-OH is 1. The Labute approximate surface area is 193 Å². The zero-order valence-corrected chi connectivity index (χ0v) is 19.0. The molecule has 5 rings (SSSR count). The Morgan fingerprint density at radius 2 is 1.97 bits per heavy atom. The Morgan fingerprint density at radius 1 is 1.21 bits per heavy atom. The number of nitrogens with zero attached hydrogens (tertiary/aromatic N) is 6. The second-order valence-electron chi connectivity index (χ2n) is 8.26. The van der Waals surface area contributed by atoms with Gasteiger partial charge in [-0.2, -0.15) is 4.37 Å². The first-order valence-electron chi connectivity index (χ1n) is 10.8. The van der Waals surface area contributed by atoms with E-state index in [0.717, 1.165) is 23.6 Å². The largest absolute Gasteiger partial charge is 0.385 e. The van der Waals surface area contributed by atoms with Gasteiger partial charge in [-0.3, -0.25) is 14.5 Å². The van der Waals surface area contributed by atoms with E-state index < -0.39 is 11.9 Å². The Bertz CT molecular complexity index is 1220. The van der Waals surface area contributed by atoms with Gasteiger partial charge in [0, 0.05) is 31.6 Å². The molecule has 2 aliphatic rings. The van der Waals surface area contributed by atoms with Crippen molar-refractivity contribution in [1.29, 1.82) is 0 Å². The van der Waals surface area contributed by atoms with Crippen LogP contribution in [0.3, 0.4) is 0 Å². The van der Waals surface area contributed by atoms with Crippen LogP contribution in [0.1, 0.15) is 60.7 Å². The van der Waals surface area contributed by atoms with Gasteiger partial charge in [-0.05, 0) is 56.1 Å². The summed E-state index contributed by atoms with van der Waals surface area (Å²) in [5.74, 6) is 0.823. The smallest absolute Gasteiger partial charge is 0.254 e. The highest BCUT2D eigenvalue weighted by Crippen LogP contribution is 2.39. The average Bonchev–Trinajstić information content (AvgIpc) is 3.52. The summed E-state index contributed by atoms with van der Waals surface area (Å²) in [6.07, 6.45) is 0.408. The van der Waals surface area contributed by atoms with E-state index in [-0.39, 0.29) is 17.9 Å². The molecule has 1 N–H and O–H groups in total. The summed E-state index contributed by atoms with van der Waals surface area (Å²) in [6, 6.07) is 5.13. The van der Waals surface area contributed by atoms with Gasteiger partial charge in [0.05, 0.1) is 11.7 Å². The first kappa shape index (κ1) is 21.7. The predicted octanol–water partition coefficient (Wildman–Crippen LogP) is 2.94. The molecule has 0 aliphatic carbocycles. The molecule has 33 heavy (non-hydrogen) atoms. The van der Waals surface area contributed by atoms with E-state index in [2.05, 4.69) is 9.36 Å². The Hall–Kier alpha value is -3.18. The lowest BCUT2D eigenvalue weighted by Gasteiger charge is -2.36. The molecule has 3 aromatic rings. The van der Waals surface area contributed by atoms with Gasteiger partial charge in [0.1, 0.15) is 11.9 Å². The first-order valence-corrected chi connectivity index (χ1v) is 11.6. The standard InChI is InChI=1S/C22H23FN6O3S/c1-12-17-19(28-9-3-4-16(28)31)25-20(21-24-18(13(2)30)26-33-21)29(17)11-10-27(12)22(32)14-5-7-15(23)8-6-14/h5-8,12-13,30H,3-4,9-11H2,1-2H3/t12?,13-/m0/s1. The number of carbonyl (C=O) groups is 2. The van der Waals surface area contributed by atoms with Crippen LogP contribution >= 0.6 is 11.5 Å². The number of carbonyl (C=O) groups excluding carboxylic acids is 2. The molecule has 1 aromatic carbocycles. The van der Waals surface area contributed by atoms with Crippen LogP contribution in [0.15, 0.2) is 24.3 Å². The fraction of sp³-hybridized carbons (Fsp3) is 0.409. The van der Waals surface area contributed by atoms with Gasteiger partial charge in [-0.25, -0.2) is 14.4 Å². The summed E-state index contributed by atoms with van der Waals surface area (Å²) >= 11 is 1.14. The van der Waals surface area contributed by atoms with Crippen LogP contribution in [0, 0.1) is 5.82 Å². The number of imidazole rings is 1. The lowest BCUT2D eigenvalue weighted by Crippen LogP contribution is -2.42. The third-order valence-corrected chi connectivity index (χ3v) is 6.83. The number of fused-ring (bicyclic) bond motifs is 1. The molecule has 0 spiro atoms. The second kappa shape index (κ2) is 8.31. The van der Waals surface area contributed by atoms with Crippen LogP contribution in [0.5, 0.6) is 0 Å². The van der Waals surface area contributed by atoms with Crippen molar-refractivity contribution in [3.8, 4) is 10.8 Å². The molecule has 2 aromatic heterocycles. The summed E-state index contributed by atoms with van der Waals surface area (Å²) in [5, 5.41) is 10.4. The molecule has 2 atom stereocenters. The van der Waals surface area contributed by atoms with E-state index in [1.807, 2.05) is 11.5 Å². The highest BCUT2D eigenvalue weighted by Gasteiger charge is 2.38. The molecule has 0 radical (unpaired) electrons. The van der Waals surface area contributed by atoms with Crippen LogP contribution in [-0.2, 0) is 11.3 Å². The van der Waals surface area contributed by atoms with Gasteiger partial charge in [-0.15, -0.1) is 0 Å². The van der Waals surface area contributed by atoms with Crippen molar-refractivity contribution in [3.05, 3.63) is 47.2 Å². The first-order chi connectivity index (χ1) is 15.8. The maximum absolute atomic E-state index is 13.3. The average molecular weight is 471 g/mol. The number of aromatic nitrogens is 4. The van der Waals surface area contributed by atoms with Gasteiger partial charge in [-0.1, -0.05) is 0 Å². The molecule has 1 saturated heterocycles. The zero-order chi connectivity index (χ0) is 23.3. The third-order valence-electron chi connectivity index (χ3n) is 6.10. The molecule has 0 bridgehead atoms. The Kier molecular flexibility index (Phi) is 5.45. The van der Waals surface area contributed by atoms with Gasteiger partial charge < -0.3 is 14.6 Å². The van der Waals surface area contributed by atoms with Crippen molar-refractivity contribution < 1.29 is 19.1 Å². The van der Waals surface area contributed by atoms with E-state index in [1.54, 1.807) is 16.7 Å². The molecule has 2 amide bonds. The molecule has 1 unspecified atom stereocenters. The second-order valence-corrected chi connectivity index (χ2v) is 9.01. The lowest BCUT2D eigenvalue weighted by molar-refractivity contribution is -0.117. The molecule has 172 valence electrons. The van der Waals surface area contributed by atoms with Crippen molar-refractivity contribution in [2.24, 2.45) is 0 Å². The van der Waals surface area contributed by atoms with Crippen molar-refractivity contribution in [2.75, 3.05) is 18.0 Å². The molecule has 0 saturated carbocycles.